The van der Waals surface area contributed by atoms with Gasteiger partial charge in [0.25, 0.3) is 0 Å². The molecule has 220 valence electrons. The molecule has 0 spiro atoms. The van der Waals surface area contributed by atoms with Gasteiger partial charge in [-0.15, -0.1) is 0 Å². The second kappa shape index (κ2) is 13.8. The molecule has 2 aromatic carbocycles. The summed E-state index contributed by atoms with van der Waals surface area (Å²) in [5.41, 5.74) is 2.63. The number of nitrogens with one attached hydrogen (secondary N) is 1. The quantitative estimate of drug-likeness (QED) is 0.296. The Morgan fingerprint density at radius 3 is 2.27 bits per heavy atom. The fourth-order valence-corrected chi connectivity index (χ4v) is 6.49. The lowest BCUT2D eigenvalue weighted by molar-refractivity contribution is -0.156. The van der Waals surface area contributed by atoms with Crippen LogP contribution >= 0.6 is 0 Å². The van der Waals surface area contributed by atoms with Crippen LogP contribution in [0.4, 0.5) is 11.4 Å². The lowest BCUT2D eigenvalue weighted by atomic mass is 9.69. The van der Waals surface area contributed by atoms with E-state index in [2.05, 4.69) is 24.1 Å². The summed E-state index contributed by atoms with van der Waals surface area (Å²) < 4.78 is 5.43. The summed E-state index contributed by atoms with van der Waals surface area (Å²) >= 11 is 0. The van der Waals surface area contributed by atoms with Gasteiger partial charge < -0.3 is 25.0 Å². The van der Waals surface area contributed by atoms with Crippen molar-refractivity contribution in [2.45, 2.75) is 52.6 Å². The maximum Gasteiger partial charge on any atom is 0.310 e. The van der Waals surface area contributed by atoms with Crippen molar-refractivity contribution < 1.29 is 24.2 Å². The number of carbonyl (C=O) groups excluding carboxylic acids is 3. The summed E-state index contributed by atoms with van der Waals surface area (Å²) in [6.45, 7) is 9.58. The zero-order valence-corrected chi connectivity index (χ0v) is 24.5. The molecule has 0 radical (unpaired) electrons. The van der Waals surface area contributed by atoms with Crippen molar-refractivity contribution in [1.29, 1.82) is 0 Å². The largest absolute Gasteiger partial charge is 0.466 e. The van der Waals surface area contributed by atoms with Gasteiger partial charge in [0.15, 0.2) is 0 Å². The third kappa shape index (κ3) is 6.32. The molecule has 1 saturated heterocycles. The molecule has 2 N–H and O–H groups in total. The first-order chi connectivity index (χ1) is 19.9. The minimum atomic E-state index is -0.887. The Bertz CT molecular complexity index is 1210. The number of hydrogen-bond acceptors (Lipinski definition) is 6. The number of carbonyl (C=O) groups is 3. The Morgan fingerprint density at radius 2 is 1.68 bits per heavy atom. The van der Waals surface area contributed by atoms with Gasteiger partial charge in [-0.25, -0.2) is 0 Å². The summed E-state index contributed by atoms with van der Waals surface area (Å²) in [4.78, 5) is 45.3. The van der Waals surface area contributed by atoms with E-state index in [4.69, 9.17) is 4.74 Å². The minimum absolute atomic E-state index is 0.169. The molecule has 0 unspecified atom stereocenters. The van der Waals surface area contributed by atoms with Crippen LogP contribution in [-0.2, 0) is 25.5 Å². The molecule has 1 fully saturated rings. The summed E-state index contributed by atoms with van der Waals surface area (Å²) in [5, 5.41) is 13.6. The van der Waals surface area contributed by atoms with Gasteiger partial charge in [0.05, 0.1) is 31.1 Å². The van der Waals surface area contributed by atoms with Gasteiger partial charge >= 0.3 is 5.97 Å². The second-order valence-electron chi connectivity index (χ2n) is 10.8. The highest BCUT2D eigenvalue weighted by atomic mass is 16.5. The van der Waals surface area contributed by atoms with E-state index in [1.165, 1.54) is 4.90 Å². The van der Waals surface area contributed by atoms with Crippen LogP contribution in [0, 0.1) is 23.7 Å². The van der Waals surface area contributed by atoms with Crippen molar-refractivity contribution in [2.24, 2.45) is 23.7 Å². The molecule has 4 rings (SSSR count). The van der Waals surface area contributed by atoms with Crippen LogP contribution in [0.15, 0.2) is 66.7 Å². The number of amides is 2. The van der Waals surface area contributed by atoms with Crippen LogP contribution in [-0.4, -0.2) is 66.2 Å². The molecule has 1 aliphatic carbocycles. The lowest BCUT2D eigenvalue weighted by Gasteiger charge is -2.34. The monoisotopic (exact) mass is 561 g/mol. The number of ether oxygens (including phenoxy) is 1. The van der Waals surface area contributed by atoms with E-state index in [9.17, 15) is 19.5 Å². The van der Waals surface area contributed by atoms with E-state index < -0.39 is 35.8 Å². The van der Waals surface area contributed by atoms with E-state index in [0.717, 1.165) is 24.3 Å². The first-order valence-corrected chi connectivity index (χ1v) is 14.9. The number of nitrogens with zero attached hydrogens (tertiary/aromatic N) is 2. The Balaban J connectivity index is 1.70. The Hall–Kier alpha value is -3.65. The summed E-state index contributed by atoms with van der Waals surface area (Å²) in [5.74, 6) is -3.17. The Labute approximate surface area is 243 Å². The van der Waals surface area contributed by atoms with Crippen LogP contribution < -0.4 is 10.2 Å². The van der Waals surface area contributed by atoms with Crippen LogP contribution in [0.25, 0.3) is 0 Å². The maximum absolute atomic E-state index is 14.3. The number of rotatable bonds is 12. The molecule has 2 aromatic rings. The molecule has 0 saturated carbocycles. The van der Waals surface area contributed by atoms with Crippen molar-refractivity contribution in [3.63, 3.8) is 0 Å². The fraction of sp³-hybridized carbons (Fsp3) is 0.485. The molecule has 2 amide bonds. The third-order valence-corrected chi connectivity index (χ3v) is 8.53. The molecule has 1 aliphatic heterocycles. The normalized spacial score (nSPS) is 24.1. The predicted octanol–water partition coefficient (Wildman–Crippen LogP) is 4.29. The van der Waals surface area contributed by atoms with Gasteiger partial charge in [-0.1, -0.05) is 49.4 Å². The highest BCUT2D eigenvalue weighted by Gasteiger charge is 2.58. The number of benzene rings is 2. The number of aliphatic hydroxyl groups is 1. The zero-order chi connectivity index (χ0) is 29.5. The minimum Gasteiger partial charge on any atom is -0.466 e. The van der Waals surface area contributed by atoms with Gasteiger partial charge in [0.1, 0.15) is 6.04 Å². The first-order valence-electron chi connectivity index (χ1n) is 14.9. The predicted molar refractivity (Wildman–Crippen MR) is 160 cm³/mol. The topological polar surface area (TPSA) is 99.2 Å². The molecular weight excluding hydrogens is 518 g/mol. The van der Waals surface area contributed by atoms with Gasteiger partial charge in [-0.2, -0.15) is 0 Å². The van der Waals surface area contributed by atoms with Gasteiger partial charge in [0, 0.05) is 30.4 Å². The molecule has 0 bridgehead atoms. The molecule has 1 heterocycles. The van der Waals surface area contributed by atoms with Crippen molar-refractivity contribution in [2.75, 3.05) is 36.5 Å². The molecule has 8 nitrogen and oxygen atoms in total. The Morgan fingerprint density at radius 1 is 1.00 bits per heavy atom. The number of anilines is 2. The van der Waals surface area contributed by atoms with Crippen LogP contribution in [0.1, 0.15) is 39.7 Å². The third-order valence-electron chi connectivity index (χ3n) is 8.53. The number of fused-ring (bicyclic) bond motifs is 1. The van der Waals surface area contributed by atoms with E-state index in [-0.39, 0.29) is 30.9 Å². The molecule has 8 heteroatoms. The lowest BCUT2D eigenvalue weighted by Crippen LogP contribution is -2.51. The standard InChI is InChI=1S/C33H43N3O5/c1-5-23-14-19-27-29(28(23)33(40)41-8-4)32(39)36(26(21-37)20-22-12-10-9-11-13-22)30(27)31(38)34-24-15-17-25(18-16-24)35(6-2)7-3/h9-19,23,26-30,37H,5-8,20-21H2,1-4H3,(H,34,38)/t23-,26-,27+,28-,29-,30+/m1/s1. The highest BCUT2D eigenvalue weighted by molar-refractivity contribution is 6.02. The highest BCUT2D eigenvalue weighted by Crippen LogP contribution is 2.46. The summed E-state index contributed by atoms with van der Waals surface area (Å²) in [7, 11) is 0. The second-order valence-corrected chi connectivity index (χ2v) is 10.8. The zero-order valence-electron chi connectivity index (χ0n) is 24.5. The molecule has 6 atom stereocenters. The molecule has 41 heavy (non-hydrogen) atoms. The van der Waals surface area contributed by atoms with Crippen molar-refractivity contribution in [3.05, 3.63) is 72.3 Å². The molecule has 2 aliphatic rings. The number of esters is 1. The molecule has 0 aromatic heterocycles. The van der Waals surface area contributed by atoms with E-state index >= 15 is 0 Å². The van der Waals surface area contributed by atoms with Gasteiger partial charge in [-0.05, 0) is 69.4 Å². The van der Waals surface area contributed by atoms with E-state index in [0.29, 0.717) is 18.5 Å². The van der Waals surface area contributed by atoms with Crippen molar-refractivity contribution >= 4 is 29.2 Å². The molecular formula is C33H43N3O5. The van der Waals surface area contributed by atoms with Crippen molar-refractivity contribution in [3.8, 4) is 0 Å². The number of likely N-dealkylation sites (tertiary alicyclic amines) is 1. The SMILES string of the molecule is CCOC(=O)[C@H]1[C@@H]2C(=O)N([C@@H](CO)Cc3ccccc3)[C@H](C(=O)Nc3ccc(N(CC)CC)cc3)[C@H]2C=C[C@H]1CC. The first kappa shape index (κ1) is 30.3. The number of hydrogen-bond donors (Lipinski definition) is 2. The smallest absolute Gasteiger partial charge is 0.310 e. The van der Waals surface area contributed by atoms with Crippen molar-refractivity contribution in [1.82, 2.24) is 4.90 Å². The van der Waals surface area contributed by atoms with Gasteiger partial charge in [0.2, 0.25) is 11.8 Å². The summed E-state index contributed by atoms with van der Waals surface area (Å²) in [6.07, 6.45) is 4.94. The van der Waals surface area contributed by atoms with Crippen LogP contribution in [0.3, 0.4) is 0 Å². The maximum atomic E-state index is 14.3. The summed E-state index contributed by atoms with van der Waals surface area (Å²) in [6, 6.07) is 15.8. The number of aliphatic hydroxyl groups excluding tert-OH is 1. The van der Waals surface area contributed by atoms with Crippen LogP contribution in [0.2, 0.25) is 0 Å². The van der Waals surface area contributed by atoms with E-state index in [1.54, 1.807) is 6.92 Å². The average Bonchev–Trinajstić information content (AvgIpc) is 3.29. The Kier molecular flexibility index (Phi) is 10.2. The van der Waals surface area contributed by atoms with Crippen LogP contribution in [0.5, 0.6) is 0 Å². The average molecular weight is 562 g/mol. The van der Waals surface area contributed by atoms with Gasteiger partial charge in [-0.3, -0.25) is 14.4 Å². The number of allylic oxidation sites excluding steroid dienone is 1. The van der Waals surface area contributed by atoms with E-state index in [1.807, 2.05) is 73.7 Å². The fourth-order valence-electron chi connectivity index (χ4n) is 6.49.